The molecule has 0 spiro atoms. The van der Waals surface area contributed by atoms with Crippen molar-refractivity contribution in [3.05, 3.63) is 59.9 Å². The molecule has 1 amide bonds. The van der Waals surface area contributed by atoms with E-state index in [1.165, 1.54) is 30.3 Å². The van der Waals surface area contributed by atoms with E-state index in [1.54, 1.807) is 0 Å². The van der Waals surface area contributed by atoms with Crippen LogP contribution in [-0.4, -0.2) is 12.5 Å². The highest BCUT2D eigenvalue weighted by Crippen LogP contribution is 2.14. The Morgan fingerprint density at radius 2 is 1.71 bits per heavy atom. The van der Waals surface area contributed by atoms with Crippen molar-refractivity contribution >= 4 is 11.6 Å². The lowest BCUT2D eigenvalue weighted by molar-refractivity contribution is -0.116. The molecule has 0 aliphatic rings. The summed E-state index contributed by atoms with van der Waals surface area (Å²) in [4.78, 5) is 11.6. The summed E-state index contributed by atoms with van der Waals surface area (Å²) in [5, 5.41) is 2.42. The second-order valence-corrected chi connectivity index (χ2v) is 4.23. The van der Waals surface area contributed by atoms with Gasteiger partial charge in [0.15, 0.2) is 11.6 Å². The van der Waals surface area contributed by atoms with E-state index in [4.69, 9.17) is 4.74 Å². The third kappa shape index (κ3) is 4.52. The van der Waals surface area contributed by atoms with Crippen molar-refractivity contribution in [1.82, 2.24) is 0 Å². The summed E-state index contributed by atoms with van der Waals surface area (Å²) in [5.74, 6) is -2.35. The monoisotopic (exact) mass is 295 g/mol. The molecule has 21 heavy (non-hydrogen) atoms. The largest absolute Gasteiger partial charge is 0.493 e. The lowest BCUT2D eigenvalue weighted by Crippen LogP contribution is -2.15. The summed E-state index contributed by atoms with van der Waals surface area (Å²) in [7, 11) is 0. The van der Waals surface area contributed by atoms with Gasteiger partial charge in [0.25, 0.3) is 0 Å². The van der Waals surface area contributed by atoms with Crippen LogP contribution in [0.2, 0.25) is 0 Å². The topological polar surface area (TPSA) is 38.3 Å². The average molecular weight is 295 g/mol. The van der Waals surface area contributed by atoms with Crippen LogP contribution in [0.3, 0.4) is 0 Å². The fourth-order valence-electron chi connectivity index (χ4n) is 1.59. The summed E-state index contributed by atoms with van der Waals surface area (Å²) >= 11 is 0. The lowest BCUT2D eigenvalue weighted by Gasteiger charge is -2.07. The van der Waals surface area contributed by atoms with Crippen molar-refractivity contribution in [2.75, 3.05) is 11.9 Å². The van der Waals surface area contributed by atoms with Gasteiger partial charge in [0.2, 0.25) is 5.91 Å². The van der Waals surface area contributed by atoms with E-state index in [2.05, 4.69) is 5.32 Å². The molecular weight excluding hydrogens is 283 g/mol. The summed E-state index contributed by atoms with van der Waals surface area (Å²) in [5.41, 5.74) is 0.167. The number of rotatable bonds is 5. The normalized spacial score (nSPS) is 10.2. The van der Waals surface area contributed by atoms with Gasteiger partial charge >= 0.3 is 0 Å². The summed E-state index contributed by atoms with van der Waals surface area (Å²) in [6, 6.07) is 8.48. The summed E-state index contributed by atoms with van der Waals surface area (Å²) in [6.07, 6.45) is 0.0242. The molecule has 3 nitrogen and oxygen atoms in total. The summed E-state index contributed by atoms with van der Waals surface area (Å²) in [6.45, 7) is 0.0845. The van der Waals surface area contributed by atoms with Gasteiger partial charge in [0.1, 0.15) is 11.6 Å². The van der Waals surface area contributed by atoms with E-state index in [0.717, 1.165) is 12.1 Å². The second-order valence-electron chi connectivity index (χ2n) is 4.23. The molecule has 0 fully saturated rings. The van der Waals surface area contributed by atoms with Crippen LogP contribution in [0.25, 0.3) is 0 Å². The second kappa shape index (κ2) is 6.78. The van der Waals surface area contributed by atoms with Crippen LogP contribution in [-0.2, 0) is 4.79 Å². The van der Waals surface area contributed by atoms with Crippen LogP contribution >= 0.6 is 0 Å². The molecule has 0 atom stereocenters. The van der Waals surface area contributed by atoms with Crippen LogP contribution in [0.4, 0.5) is 18.9 Å². The maximum Gasteiger partial charge on any atom is 0.227 e. The van der Waals surface area contributed by atoms with Gasteiger partial charge in [0.05, 0.1) is 13.0 Å². The molecule has 0 aliphatic carbocycles. The van der Waals surface area contributed by atoms with Gasteiger partial charge in [0, 0.05) is 11.8 Å². The first kappa shape index (κ1) is 14.9. The molecule has 2 aromatic carbocycles. The van der Waals surface area contributed by atoms with E-state index >= 15 is 0 Å². The number of halogens is 3. The molecule has 0 saturated heterocycles. The molecule has 1 N–H and O–H groups in total. The molecule has 0 heterocycles. The fraction of sp³-hybridized carbons (Fsp3) is 0.133. The molecule has 0 aliphatic heterocycles. The van der Waals surface area contributed by atoms with Crippen LogP contribution in [0.1, 0.15) is 6.42 Å². The van der Waals surface area contributed by atoms with Crippen LogP contribution in [0.15, 0.2) is 42.5 Å². The molecule has 2 rings (SSSR count). The van der Waals surface area contributed by atoms with E-state index < -0.39 is 17.5 Å². The van der Waals surface area contributed by atoms with Crippen molar-refractivity contribution in [3.63, 3.8) is 0 Å². The minimum Gasteiger partial charge on any atom is -0.493 e. The predicted molar refractivity (Wildman–Crippen MR) is 71.5 cm³/mol. The number of carbonyl (C=O) groups is 1. The third-order valence-electron chi connectivity index (χ3n) is 2.61. The third-order valence-corrected chi connectivity index (χ3v) is 2.61. The van der Waals surface area contributed by atoms with Gasteiger partial charge in [-0.15, -0.1) is 0 Å². The van der Waals surface area contributed by atoms with Crippen LogP contribution < -0.4 is 10.1 Å². The highest BCUT2D eigenvalue weighted by molar-refractivity contribution is 5.90. The Balaban J connectivity index is 1.79. The number of carbonyl (C=O) groups excluding carboxylic acids is 1. The molecule has 0 saturated carbocycles. The zero-order valence-corrected chi connectivity index (χ0v) is 10.9. The molecule has 0 bridgehead atoms. The Labute approximate surface area is 119 Å². The molecule has 0 radical (unpaired) electrons. The Morgan fingerprint density at radius 1 is 1.00 bits per heavy atom. The van der Waals surface area contributed by atoms with E-state index in [9.17, 15) is 18.0 Å². The fourth-order valence-corrected chi connectivity index (χ4v) is 1.59. The molecule has 0 aromatic heterocycles. The zero-order chi connectivity index (χ0) is 15.2. The molecule has 2 aromatic rings. The summed E-state index contributed by atoms with van der Waals surface area (Å²) < 4.78 is 43.6. The smallest absolute Gasteiger partial charge is 0.227 e. The highest BCUT2D eigenvalue weighted by atomic mass is 19.2. The first-order valence-electron chi connectivity index (χ1n) is 6.18. The minimum absolute atomic E-state index is 0.0242. The van der Waals surface area contributed by atoms with Crippen molar-refractivity contribution in [3.8, 4) is 5.75 Å². The molecule has 0 unspecified atom stereocenters. The van der Waals surface area contributed by atoms with Crippen molar-refractivity contribution in [2.24, 2.45) is 0 Å². The van der Waals surface area contributed by atoms with Gasteiger partial charge in [-0.3, -0.25) is 4.79 Å². The minimum atomic E-state index is -1.03. The van der Waals surface area contributed by atoms with Crippen molar-refractivity contribution in [2.45, 2.75) is 6.42 Å². The van der Waals surface area contributed by atoms with Gasteiger partial charge in [-0.2, -0.15) is 0 Å². The number of hydrogen-bond donors (Lipinski definition) is 1. The number of nitrogens with one attached hydrogen (secondary N) is 1. The first-order valence-corrected chi connectivity index (χ1v) is 6.18. The van der Waals surface area contributed by atoms with Gasteiger partial charge in [-0.25, -0.2) is 13.2 Å². The van der Waals surface area contributed by atoms with Gasteiger partial charge in [-0.1, -0.05) is 0 Å². The van der Waals surface area contributed by atoms with Crippen LogP contribution in [0, 0.1) is 17.5 Å². The molecule has 110 valence electrons. The van der Waals surface area contributed by atoms with Crippen molar-refractivity contribution in [1.29, 1.82) is 0 Å². The number of amides is 1. The van der Waals surface area contributed by atoms with E-state index in [0.29, 0.717) is 5.75 Å². The Hall–Kier alpha value is -2.50. The zero-order valence-electron chi connectivity index (χ0n) is 10.9. The van der Waals surface area contributed by atoms with Crippen LogP contribution in [0.5, 0.6) is 5.75 Å². The van der Waals surface area contributed by atoms with Crippen molar-refractivity contribution < 1.29 is 22.7 Å². The Kier molecular flexibility index (Phi) is 4.81. The average Bonchev–Trinajstić information content (AvgIpc) is 2.45. The van der Waals surface area contributed by atoms with E-state index in [1.807, 2.05) is 0 Å². The number of ether oxygens (including phenoxy) is 1. The standard InChI is InChI=1S/C15H12F3NO2/c16-10-1-4-12(5-2-10)21-8-7-15(20)19-11-3-6-13(17)14(18)9-11/h1-6,9H,7-8H2,(H,19,20). The number of benzene rings is 2. The number of hydrogen-bond acceptors (Lipinski definition) is 2. The highest BCUT2D eigenvalue weighted by Gasteiger charge is 2.06. The van der Waals surface area contributed by atoms with Gasteiger partial charge in [-0.05, 0) is 36.4 Å². The predicted octanol–water partition coefficient (Wildman–Crippen LogP) is 3.51. The Bertz CT molecular complexity index is 629. The maximum absolute atomic E-state index is 13.0. The lowest BCUT2D eigenvalue weighted by atomic mass is 10.3. The number of anilines is 1. The Morgan fingerprint density at radius 3 is 2.38 bits per heavy atom. The van der Waals surface area contributed by atoms with Gasteiger partial charge < -0.3 is 10.1 Å². The first-order chi connectivity index (χ1) is 10.0. The quantitative estimate of drug-likeness (QED) is 0.916. The SMILES string of the molecule is O=C(CCOc1ccc(F)cc1)Nc1ccc(F)c(F)c1. The van der Waals surface area contributed by atoms with E-state index in [-0.39, 0.29) is 24.5 Å². The molecular formula is C15H12F3NO2. The maximum atomic E-state index is 13.0. The molecule has 6 heteroatoms.